The van der Waals surface area contributed by atoms with E-state index in [2.05, 4.69) is 15.4 Å². The number of rotatable bonds is 4. The molecule has 22 heavy (non-hydrogen) atoms. The first-order valence-electron chi connectivity index (χ1n) is 7.10. The Morgan fingerprint density at radius 2 is 2.23 bits per heavy atom. The van der Waals surface area contributed by atoms with Gasteiger partial charge in [0.2, 0.25) is 0 Å². The molecule has 116 valence electrons. The molecule has 1 aliphatic heterocycles. The summed E-state index contributed by atoms with van der Waals surface area (Å²) in [7, 11) is 3.26. The lowest BCUT2D eigenvalue weighted by Crippen LogP contribution is -2.28. The SMILES string of the molecule is COc1cccc([C@H]2CCN(C(=O)c3cn[nH]n3)C2)c1OC. The Hall–Kier alpha value is -2.57. The van der Waals surface area contributed by atoms with Crippen LogP contribution in [0.2, 0.25) is 0 Å². The molecule has 1 aromatic heterocycles. The molecule has 0 unspecified atom stereocenters. The van der Waals surface area contributed by atoms with Gasteiger partial charge in [-0.3, -0.25) is 4.79 Å². The molecule has 0 radical (unpaired) electrons. The number of hydrogen-bond donors (Lipinski definition) is 1. The van der Waals surface area contributed by atoms with Crippen molar-refractivity contribution in [1.29, 1.82) is 0 Å². The second-order valence-electron chi connectivity index (χ2n) is 5.17. The van der Waals surface area contributed by atoms with Gasteiger partial charge in [-0.05, 0) is 12.5 Å². The van der Waals surface area contributed by atoms with E-state index >= 15 is 0 Å². The number of nitrogens with zero attached hydrogens (tertiary/aromatic N) is 3. The molecule has 1 aromatic carbocycles. The molecule has 1 aliphatic rings. The van der Waals surface area contributed by atoms with Crippen molar-refractivity contribution in [2.75, 3.05) is 27.3 Å². The molecule has 1 atom stereocenters. The van der Waals surface area contributed by atoms with E-state index in [1.807, 2.05) is 18.2 Å². The number of carbonyl (C=O) groups is 1. The summed E-state index contributed by atoms with van der Waals surface area (Å²) in [6.45, 7) is 1.33. The quantitative estimate of drug-likeness (QED) is 0.924. The molecule has 0 bridgehead atoms. The van der Waals surface area contributed by atoms with Gasteiger partial charge in [0.05, 0.1) is 20.4 Å². The Kier molecular flexibility index (Phi) is 3.95. The highest BCUT2D eigenvalue weighted by Gasteiger charge is 2.31. The molecule has 7 heteroatoms. The Morgan fingerprint density at radius 3 is 2.91 bits per heavy atom. The minimum Gasteiger partial charge on any atom is -0.493 e. The first-order valence-corrected chi connectivity index (χ1v) is 7.10. The number of ether oxygens (including phenoxy) is 2. The van der Waals surface area contributed by atoms with E-state index in [0.29, 0.717) is 24.5 Å². The summed E-state index contributed by atoms with van der Waals surface area (Å²) >= 11 is 0. The lowest BCUT2D eigenvalue weighted by atomic mass is 9.97. The van der Waals surface area contributed by atoms with Crippen molar-refractivity contribution >= 4 is 5.91 Å². The highest BCUT2D eigenvalue weighted by atomic mass is 16.5. The van der Waals surface area contributed by atoms with Gasteiger partial charge in [-0.25, -0.2) is 0 Å². The van der Waals surface area contributed by atoms with Crippen LogP contribution >= 0.6 is 0 Å². The van der Waals surface area contributed by atoms with Gasteiger partial charge in [0.25, 0.3) is 5.91 Å². The normalized spacial score (nSPS) is 17.5. The fourth-order valence-electron chi connectivity index (χ4n) is 2.90. The number of methoxy groups -OCH3 is 2. The summed E-state index contributed by atoms with van der Waals surface area (Å²) in [6, 6.07) is 5.84. The maximum absolute atomic E-state index is 12.3. The van der Waals surface area contributed by atoms with Crippen LogP contribution in [0.4, 0.5) is 0 Å². The van der Waals surface area contributed by atoms with Gasteiger partial charge in [0.15, 0.2) is 17.2 Å². The number of para-hydroxylation sites is 1. The molecule has 0 saturated carbocycles. The predicted octanol–water partition coefficient (Wildman–Crippen LogP) is 1.45. The number of aromatic nitrogens is 3. The van der Waals surface area contributed by atoms with Crippen molar-refractivity contribution in [1.82, 2.24) is 20.3 Å². The van der Waals surface area contributed by atoms with E-state index in [9.17, 15) is 4.79 Å². The van der Waals surface area contributed by atoms with E-state index in [1.165, 1.54) is 6.20 Å². The van der Waals surface area contributed by atoms with Gasteiger partial charge >= 0.3 is 0 Å². The van der Waals surface area contributed by atoms with E-state index in [1.54, 1.807) is 19.1 Å². The molecule has 2 heterocycles. The zero-order valence-corrected chi connectivity index (χ0v) is 12.6. The van der Waals surface area contributed by atoms with E-state index < -0.39 is 0 Å². The molecule has 1 saturated heterocycles. The fourth-order valence-corrected chi connectivity index (χ4v) is 2.90. The number of carbonyl (C=O) groups excluding carboxylic acids is 1. The second kappa shape index (κ2) is 6.05. The average Bonchev–Trinajstić information content (AvgIpc) is 3.24. The minimum atomic E-state index is -0.0990. The topological polar surface area (TPSA) is 80.3 Å². The van der Waals surface area contributed by atoms with Crippen molar-refractivity contribution in [3.63, 3.8) is 0 Å². The van der Waals surface area contributed by atoms with Crippen LogP contribution in [0.3, 0.4) is 0 Å². The van der Waals surface area contributed by atoms with Crippen molar-refractivity contribution in [3.05, 3.63) is 35.7 Å². The van der Waals surface area contributed by atoms with Crippen LogP contribution in [-0.4, -0.2) is 53.5 Å². The van der Waals surface area contributed by atoms with Gasteiger partial charge < -0.3 is 14.4 Å². The molecule has 0 aliphatic carbocycles. The monoisotopic (exact) mass is 302 g/mol. The number of aromatic amines is 1. The summed E-state index contributed by atoms with van der Waals surface area (Å²) in [4.78, 5) is 14.1. The molecule has 3 rings (SSSR count). The number of likely N-dealkylation sites (tertiary alicyclic amines) is 1. The van der Waals surface area contributed by atoms with Gasteiger partial charge in [0.1, 0.15) is 0 Å². The number of amides is 1. The Morgan fingerprint density at radius 1 is 1.36 bits per heavy atom. The summed E-state index contributed by atoms with van der Waals surface area (Å²) in [5, 5.41) is 10.00. The molecule has 1 fully saturated rings. The van der Waals surface area contributed by atoms with Gasteiger partial charge in [-0.1, -0.05) is 12.1 Å². The van der Waals surface area contributed by atoms with Crippen LogP contribution in [0.15, 0.2) is 24.4 Å². The van der Waals surface area contributed by atoms with Crippen LogP contribution in [0.1, 0.15) is 28.4 Å². The third-order valence-electron chi connectivity index (χ3n) is 3.98. The molecule has 7 nitrogen and oxygen atoms in total. The number of hydrogen-bond acceptors (Lipinski definition) is 5. The molecule has 1 N–H and O–H groups in total. The number of nitrogens with one attached hydrogen (secondary N) is 1. The maximum atomic E-state index is 12.3. The third kappa shape index (κ3) is 2.49. The summed E-state index contributed by atoms with van der Waals surface area (Å²) in [6.07, 6.45) is 2.33. The van der Waals surface area contributed by atoms with Crippen molar-refractivity contribution in [2.45, 2.75) is 12.3 Å². The standard InChI is InChI=1S/C15H18N4O3/c1-21-13-5-3-4-11(14(13)22-2)10-6-7-19(9-10)15(20)12-8-16-18-17-12/h3-5,8,10H,6-7,9H2,1-2H3,(H,16,17,18)/t10-/m0/s1. The summed E-state index contributed by atoms with van der Waals surface area (Å²) < 4.78 is 10.8. The largest absolute Gasteiger partial charge is 0.493 e. The third-order valence-corrected chi connectivity index (χ3v) is 3.98. The van der Waals surface area contributed by atoms with Gasteiger partial charge in [-0.2, -0.15) is 15.4 Å². The van der Waals surface area contributed by atoms with E-state index in [4.69, 9.17) is 9.47 Å². The number of benzene rings is 1. The van der Waals surface area contributed by atoms with E-state index in [0.717, 1.165) is 17.7 Å². The molecule has 0 spiro atoms. The van der Waals surface area contributed by atoms with Crippen LogP contribution in [-0.2, 0) is 0 Å². The Bertz CT molecular complexity index is 657. The molecule has 2 aromatic rings. The number of H-pyrrole nitrogens is 1. The first kappa shape index (κ1) is 14.4. The smallest absolute Gasteiger partial charge is 0.276 e. The van der Waals surface area contributed by atoms with Crippen molar-refractivity contribution in [2.24, 2.45) is 0 Å². The lowest BCUT2D eigenvalue weighted by molar-refractivity contribution is 0.0785. The Balaban J connectivity index is 1.80. The molecule has 1 amide bonds. The van der Waals surface area contributed by atoms with Gasteiger partial charge in [-0.15, -0.1) is 0 Å². The van der Waals surface area contributed by atoms with Crippen LogP contribution in [0.5, 0.6) is 11.5 Å². The molecular weight excluding hydrogens is 284 g/mol. The molecular formula is C15H18N4O3. The minimum absolute atomic E-state index is 0.0990. The zero-order chi connectivity index (χ0) is 15.5. The second-order valence-corrected chi connectivity index (χ2v) is 5.17. The summed E-state index contributed by atoms with van der Waals surface area (Å²) in [5.41, 5.74) is 1.41. The highest BCUT2D eigenvalue weighted by molar-refractivity contribution is 5.92. The van der Waals surface area contributed by atoms with Crippen LogP contribution in [0, 0.1) is 0 Å². The van der Waals surface area contributed by atoms with Gasteiger partial charge in [0, 0.05) is 24.6 Å². The Labute approximate surface area is 128 Å². The fraction of sp³-hybridized carbons (Fsp3) is 0.400. The van der Waals surface area contributed by atoms with E-state index in [-0.39, 0.29) is 11.8 Å². The van der Waals surface area contributed by atoms with Crippen molar-refractivity contribution in [3.8, 4) is 11.5 Å². The van der Waals surface area contributed by atoms with Crippen molar-refractivity contribution < 1.29 is 14.3 Å². The zero-order valence-electron chi connectivity index (χ0n) is 12.6. The van der Waals surface area contributed by atoms with Crippen LogP contribution < -0.4 is 9.47 Å². The maximum Gasteiger partial charge on any atom is 0.276 e. The summed E-state index contributed by atoms with van der Waals surface area (Å²) in [5.74, 6) is 1.58. The average molecular weight is 302 g/mol. The first-order chi connectivity index (χ1) is 10.7. The lowest BCUT2D eigenvalue weighted by Gasteiger charge is -2.18. The van der Waals surface area contributed by atoms with Crippen LogP contribution in [0.25, 0.3) is 0 Å². The highest BCUT2D eigenvalue weighted by Crippen LogP contribution is 2.39. The predicted molar refractivity (Wildman–Crippen MR) is 79.2 cm³/mol.